The largest absolute Gasteiger partial charge is 0.377 e. The third-order valence-electron chi connectivity index (χ3n) is 14.5. The Morgan fingerprint density at radius 1 is 0.895 bits per heavy atom. The maximum atomic E-state index is 13.4. The number of carbonyl (C=O) groups excluding carboxylic acids is 1. The number of carbonyl (C=O) groups is 1. The van der Waals surface area contributed by atoms with Gasteiger partial charge in [0, 0.05) is 24.3 Å². The molecule has 1 saturated heterocycles. The molecule has 0 amide bonds. The molecule has 0 bridgehead atoms. The van der Waals surface area contributed by atoms with Crippen LogP contribution in [0.15, 0.2) is 12.2 Å². The molecule has 1 aliphatic heterocycles. The van der Waals surface area contributed by atoms with E-state index in [9.17, 15) is 4.79 Å². The highest BCUT2D eigenvalue weighted by Crippen LogP contribution is 2.73. The van der Waals surface area contributed by atoms with E-state index in [1.54, 1.807) is 5.57 Å². The van der Waals surface area contributed by atoms with Crippen LogP contribution in [0, 0.1) is 50.7 Å². The van der Waals surface area contributed by atoms with E-state index in [0.29, 0.717) is 27.9 Å². The van der Waals surface area contributed by atoms with Gasteiger partial charge in [-0.05, 0) is 123 Å². The number of hydrogen-bond donors (Lipinski definition) is 0. The topological polar surface area (TPSA) is 29.5 Å². The van der Waals surface area contributed by atoms with Crippen LogP contribution in [0.25, 0.3) is 0 Å². The fourth-order valence-corrected chi connectivity index (χ4v) is 12.0. The van der Waals surface area contributed by atoms with Crippen LogP contribution < -0.4 is 0 Å². The Morgan fingerprint density at radius 2 is 1.63 bits per heavy atom. The van der Waals surface area contributed by atoms with Gasteiger partial charge in [0.15, 0.2) is 0 Å². The number of ether oxygens (including phenoxy) is 1. The Labute approximate surface area is 233 Å². The summed E-state index contributed by atoms with van der Waals surface area (Å²) in [6.45, 7) is 23.9. The van der Waals surface area contributed by atoms with Crippen molar-refractivity contribution in [3.8, 4) is 0 Å². The summed E-state index contributed by atoms with van der Waals surface area (Å²) >= 11 is 0. The monoisotopic (exact) mass is 523 g/mol. The maximum absolute atomic E-state index is 13.4. The number of ketones is 1. The molecule has 5 saturated carbocycles. The van der Waals surface area contributed by atoms with Crippen LogP contribution in [-0.4, -0.2) is 43.0 Å². The number of hydrogen-bond acceptors (Lipinski definition) is 3. The lowest BCUT2D eigenvalue weighted by molar-refractivity contribution is -0.222. The van der Waals surface area contributed by atoms with Gasteiger partial charge < -0.3 is 9.64 Å². The molecule has 5 aliphatic carbocycles. The molecule has 214 valence electrons. The molecule has 1 heterocycles. The molecular weight excluding hydrogens is 466 g/mol. The minimum Gasteiger partial charge on any atom is -0.377 e. The van der Waals surface area contributed by atoms with E-state index < -0.39 is 0 Å². The van der Waals surface area contributed by atoms with Gasteiger partial charge >= 0.3 is 0 Å². The minimum atomic E-state index is -0.281. The van der Waals surface area contributed by atoms with Crippen molar-refractivity contribution in [1.82, 2.24) is 4.90 Å². The van der Waals surface area contributed by atoms with Gasteiger partial charge in [-0.1, -0.05) is 53.7 Å². The SMILES string of the molecule is C=C1CCC(C)(C)C12CCC1(C)C(CCC3C1CC(OCCN1CCCC1)C1C(C)(C)C(=O)CCC31C)C2. The highest BCUT2D eigenvalue weighted by Gasteiger charge is 2.67. The van der Waals surface area contributed by atoms with Crippen molar-refractivity contribution in [3.63, 3.8) is 0 Å². The van der Waals surface area contributed by atoms with Gasteiger partial charge in [0.2, 0.25) is 0 Å². The molecule has 0 radical (unpaired) electrons. The van der Waals surface area contributed by atoms with Crippen molar-refractivity contribution in [1.29, 1.82) is 0 Å². The van der Waals surface area contributed by atoms with Gasteiger partial charge in [0.1, 0.15) is 5.78 Å². The Balaban J connectivity index is 1.30. The molecule has 0 aromatic rings. The molecule has 0 N–H and O–H groups in total. The molecule has 3 nitrogen and oxygen atoms in total. The second kappa shape index (κ2) is 9.17. The van der Waals surface area contributed by atoms with Crippen LogP contribution >= 0.6 is 0 Å². The predicted octanol–water partition coefficient (Wildman–Crippen LogP) is 8.08. The van der Waals surface area contributed by atoms with Gasteiger partial charge in [0.05, 0.1) is 12.7 Å². The molecule has 6 rings (SSSR count). The van der Waals surface area contributed by atoms with E-state index in [1.165, 1.54) is 77.3 Å². The molecule has 0 aromatic heterocycles. The van der Waals surface area contributed by atoms with E-state index >= 15 is 0 Å². The second-order valence-electron chi connectivity index (χ2n) is 16.6. The van der Waals surface area contributed by atoms with Crippen molar-refractivity contribution >= 4 is 5.78 Å². The molecular formula is C35H57NO2. The highest BCUT2D eigenvalue weighted by atomic mass is 16.5. The van der Waals surface area contributed by atoms with Gasteiger partial charge in [-0.15, -0.1) is 0 Å². The fourth-order valence-electron chi connectivity index (χ4n) is 12.0. The van der Waals surface area contributed by atoms with E-state index in [2.05, 4.69) is 53.0 Å². The lowest BCUT2D eigenvalue weighted by Crippen LogP contribution is -2.65. The Hall–Kier alpha value is -0.670. The van der Waals surface area contributed by atoms with Crippen molar-refractivity contribution in [3.05, 3.63) is 12.2 Å². The summed E-state index contributed by atoms with van der Waals surface area (Å²) in [6.07, 6.45) is 15.2. The van der Waals surface area contributed by atoms with Gasteiger partial charge in [-0.2, -0.15) is 0 Å². The summed E-state index contributed by atoms with van der Waals surface area (Å²) < 4.78 is 6.97. The Kier molecular flexibility index (Phi) is 6.63. The van der Waals surface area contributed by atoms with Gasteiger partial charge in [-0.25, -0.2) is 0 Å². The summed E-state index contributed by atoms with van der Waals surface area (Å²) in [5.74, 6) is 3.08. The fraction of sp³-hybridized carbons (Fsp3) is 0.914. The first-order valence-electron chi connectivity index (χ1n) is 16.4. The van der Waals surface area contributed by atoms with Crippen molar-refractivity contribution in [2.45, 2.75) is 125 Å². The van der Waals surface area contributed by atoms with Gasteiger partial charge in [0.25, 0.3) is 0 Å². The zero-order valence-corrected chi connectivity index (χ0v) is 25.7. The van der Waals surface area contributed by atoms with Crippen LogP contribution in [0.1, 0.15) is 119 Å². The smallest absolute Gasteiger partial charge is 0.138 e. The zero-order chi connectivity index (χ0) is 27.1. The summed E-state index contributed by atoms with van der Waals surface area (Å²) in [7, 11) is 0. The first-order chi connectivity index (χ1) is 17.9. The third kappa shape index (κ3) is 3.83. The normalized spacial score (nSPS) is 48.1. The van der Waals surface area contributed by atoms with E-state index in [4.69, 9.17) is 4.74 Å². The van der Waals surface area contributed by atoms with Crippen molar-refractivity contribution < 1.29 is 9.53 Å². The molecule has 1 spiro atoms. The molecule has 8 atom stereocenters. The second-order valence-corrected chi connectivity index (χ2v) is 16.6. The third-order valence-corrected chi connectivity index (χ3v) is 14.5. The Bertz CT molecular complexity index is 961. The number of Topliss-reactive ketones (excluding diaryl/α,β-unsaturated/α-hetero) is 1. The van der Waals surface area contributed by atoms with Crippen LogP contribution in [-0.2, 0) is 9.53 Å². The quantitative estimate of drug-likeness (QED) is 0.349. The number of nitrogens with zero attached hydrogens (tertiary/aromatic N) is 1. The number of fused-ring (bicyclic) bond motifs is 5. The molecule has 3 heteroatoms. The summed E-state index contributed by atoms with van der Waals surface area (Å²) in [5.41, 5.74) is 2.63. The average molecular weight is 524 g/mol. The Morgan fingerprint density at radius 3 is 2.32 bits per heavy atom. The first kappa shape index (κ1) is 27.5. The molecule has 38 heavy (non-hydrogen) atoms. The first-order valence-corrected chi connectivity index (χ1v) is 16.4. The van der Waals surface area contributed by atoms with Crippen molar-refractivity contribution in [2.75, 3.05) is 26.2 Å². The van der Waals surface area contributed by atoms with E-state index in [0.717, 1.165) is 43.7 Å². The molecule has 0 aromatic carbocycles. The van der Waals surface area contributed by atoms with Crippen molar-refractivity contribution in [2.24, 2.45) is 50.7 Å². The lowest BCUT2D eigenvalue weighted by atomic mass is 9.37. The van der Waals surface area contributed by atoms with Crippen LogP contribution in [0.2, 0.25) is 0 Å². The summed E-state index contributed by atoms with van der Waals surface area (Å²) in [6, 6.07) is 0. The van der Waals surface area contributed by atoms with E-state index in [-0.39, 0.29) is 16.9 Å². The van der Waals surface area contributed by atoms with Crippen LogP contribution in [0.4, 0.5) is 0 Å². The average Bonchev–Trinajstić information content (AvgIpc) is 3.45. The summed E-state index contributed by atoms with van der Waals surface area (Å²) in [5, 5.41) is 0. The molecule has 8 unspecified atom stereocenters. The molecule has 6 aliphatic rings. The van der Waals surface area contributed by atoms with Crippen LogP contribution in [0.5, 0.6) is 0 Å². The number of rotatable bonds is 4. The molecule has 6 fully saturated rings. The number of allylic oxidation sites excluding steroid dienone is 1. The lowest BCUT2D eigenvalue weighted by Gasteiger charge is -2.68. The minimum absolute atomic E-state index is 0.206. The predicted molar refractivity (Wildman–Crippen MR) is 156 cm³/mol. The highest BCUT2D eigenvalue weighted by molar-refractivity contribution is 5.85. The maximum Gasteiger partial charge on any atom is 0.138 e. The van der Waals surface area contributed by atoms with Crippen LogP contribution in [0.3, 0.4) is 0 Å². The summed E-state index contributed by atoms with van der Waals surface area (Å²) in [4.78, 5) is 15.9. The van der Waals surface area contributed by atoms with Gasteiger partial charge in [-0.3, -0.25) is 4.79 Å². The zero-order valence-electron chi connectivity index (χ0n) is 25.7. The van der Waals surface area contributed by atoms with E-state index in [1.807, 2.05) is 0 Å². The standard InChI is InChI=1S/C35H57NO2/c1-24-12-14-31(2,3)35(24)17-16-33(6)25(23-35)10-11-26-27(33)22-28(38-21-20-36-18-8-9-19-36)30-32(4,5)29(37)13-15-34(26,30)7/h25-28,30H,1,8-23H2,2-7H3. The number of likely N-dealkylation sites (tertiary alicyclic amines) is 1.